The highest BCUT2D eigenvalue weighted by atomic mass is 32.1. The van der Waals surface area contributed by atoms with E-state index < -0.39 is 0 Å². The van der Waals surface area contributed by atoms with Gasteiger partial charge in [-0.15, -0.1) is 0 Å². The predicted molar refractivity (Wildman–Crippen MR) is 117 cm³/mol. The van der Waals surface area contributed by atoms with E-state index >= 15 is 0 Å². The van der Waals surface area contributed by atoms with E-state index in [4.69, 9.17) is 0 Å². The maximum Gasteiger partial charge on any atom is 0.227 e. The van der Waals surface area contributed by atoms with Crippen molar-refractivity contribution in [3.05, 3.63) is 29.7 Å². The SMILES string of the molecule is CCc1nsc(N2CCN(C(=NC)NCCC(=O)Nc3ccc(C)cn3)CC2)n1. The highest BCUT2D eigenvalue weighted by molar-refractivity contribution is 7.09. The number of amides is 1. The van der Waals surface area contributed by atoms with Crippen molar-refractivity contribution in [1.29, 1.82) is 0 Å². The summed E-state index contributed by atoms with van der Waals surface area (Å²) in [6, 6.07) is 3.73. The summed E-state index contributed by atoms with van der Waals surface area (Å²) in [4.78, 5) is 29.7. The predicted octanol–water partition coefficient (Wildman–Crippen LogP) is 1.53. The molecule has 1 saturated heterocycles. The maximum absolute atomic E-state index is 12.1. The molecule has 1 aliphatic heterocycles. The highest BCUT2D eigenvalue weighted by Gasteiger charge is 2.22. The van der Waals surface area contributed by atoms with Crippen molar-refractivity contribution >= 4 is 34.3 Å². The number of nitrogens with one attached hydrogen (secondary N) is 2. The lowest BCUT2D eigenvalue weighted by molar-refractivity contribution is -0.116. The van der Waals surface area contributed by atoms with Crippen LogP contribution in [0.2, 0.25) is 0 Å². The van der Waals surface area contributed by atoms with Crippen molar-refractivity contribution < 1.29 is 4.79 Å². The number of anilines is 2. The van der Waals surface area contributed by atoms with Gasteiger partial charge in [-0.05, 0) is 18.6 Å². The number of hydrogen-bond acceptors (Lipinski definition) is 7. The monoisotopic (exact) mass is 416 g/mol. The van der Waals surface area contributed by atoms with Crippen molar-refractivity contribution in [3.63, 3.8) is 0 Å². The molecule has 0 spiro atoms. The molecule has 0 unspecified atom stereocenters. The van der Waals surface area contributed by atoms with Crippen molar-refractivity contribution in [2.45, 2.75) is 26.7 Å². The van der Waals surface area contributed by atoms with E-state index in [9.17, 15) is 4.79 Å². The Balaban J connectivity index is 1.41. The van der Waals surface area contributed by atoms with Gasteiger partial charge < -0.3 is 20.4 Å². The van der Waals surface area contributed by atoms with Crippen LogP contribution in [0.5, 0.6) is 0 Å². The quantitative estimate of drug-likeness (QED) is 0.544. The van der Waals surface area contributed by atoms with Gasteiger partial charge in [-0.1, -0.05) is 13.0 Å². The van der Waals surface area contributed by atoms with Crippen LogP contribution in [0.1, 0.15) is 24.7 Å². The van der Waals surface area contributed by atoms with Crippen LogP contribution in [0.4, 0.5) is 10.9 Å². The van der Waals surface area contributed by atoms with Crippen molar-refractivity contribution in [2.75, 3.05) is 50.0 Å². The third kappa shape index (κ3) is 5.86. The number of aromatic nitrogens is 3. The summed E-state index contributed by atoms with van der Waals surface area (Å²) in [6.45, 7) is 7.99. The fraction of sp³-hybridized carbons (Fsp3) is 0.526. The van der Waals surface area contributed by atoms with E-state index in [0.29, 0.717) is 18.8 Å². The largest absolute Gasteiger partial charge is 0.356 e. The second-order valence-corrected chi connectivity index (χ2v) is 7.54. The second-order valence-electron chi connectivity index (χ2n) is 6.81. The molecule has 0 radical (unpaired) electrons. The Hall–Kier alpha value is -2.75. The molecule has 9 nitrogen and oxygen atoms in total. The molecule has 0 aromatic carbocycles. The molecule has 1 amide bonds. The van der Waals surface area contributed by atoms with Crippen LogP contribution >= 0.6 is 11.5 Å². The minimum absolute atomic E-state index is 0.0721. The number of nitrogens with zero attached hydrogens (tertiary/aromatic N) is 6. The average Bonchev–Trinajstić information content (AvgIpc) is 3.22. The van der Waals surface area contributed by atoms with Crippen LogP contribution < -0.4 is 15.5 Å². The summed E-state index contributed by atoms with van der Waals surface area (Å²) in [6.07, 6.45) is 2.94. The Labute approximate surface area is 175 Å². The molecule has 29 heavy (non-hydrogen) atoms. The standard InChI is InChI=1S/C19H28N8OS/c1-4-15-24-19(29-25-15)27-11-9-26(10-12-27)18(20-3)21-8-7-17(28)23-16-6-5-14(2)13-22-16/h5-6,13H,4,7-12H2,1-3H3,(H,20,21)(H,22,23,28). The molecule has 2 aromatic rings. The first-order valence-electron chi connectivity index (χ1n) is 9.84. The Morgan fingerprint density at radius 2 is 2.07 bits per heavy atom. The van der Waals surface area contributed by atoms with Crippen LogP contribution in [-0.2, 0) is 11.2 Å². The molecular formula is C19H28N8OS. The first kappa shape index (κ1) is 21.0. The van der Waals surface area contributed by atoms with Crippen molar-refractivity contribution in [1.82, 2.24) is 24.6 Å². The molecule has 0 saturated carbocycles. The summed E-state index contributed by atoms with van der Waals surface area (Å²) in [5.74, 6) is 2.22. The van der Waals surface area contributed by atoms with E-state index in [1.165, 1.54) is 11.5 Å². The summed E-state index contributed by atoms with van der Waals surface area (Å²) in [5.41, 5.74) is 1.06. The smallest absolute Gasteiger partial charge is 0.227 e. The van der Waals surface area contributed by atoms with Gasteiger partial charge in [0.25, 0.3) is 0 Å². The number of hydrogen-bond donors (Lipinski definition) is 2. The average molecular weight is 417 g/mol. The molecule has 10 heteroatoms. The van der Waals surface area contributed by atoms with Crippen LogP contribution in [-0.4, -0.2) is 70.9 Å². The van der Waals surface area contributed by atoms with Gasteiger partial charge in [-0.2, -0.15) is 4.37 Å². The number of aliphatic imine (C=N–C) groups is 1. The zero-order valence-corrected chi connectivity index (χ0v) is 18.0. The molecule has 0 atom stereocenters. The van der Waals surface area contributed by atoms with E-state index in [1.54, 1.807) is 19.3 Å². The summed E-state index contributed by atoms with van der Waals surface area (Å²) in [7, 11) is 1.77. The topological polar surface area (TPSA) is 98.6 Å². The minimum Gasteiger partial charge on any atom is -0.356 e. The molecule has 2 aromatic heterocycles. The Morgan fingerprint density at radius 1 is 1.28 bits per heavy atom. The van der Waals surface area contributed by atoms with Crippen molar-refractivity contribution in [2.24, 2.45) is 4.99 Å². The Morgan fingerprint density at radius 3 is 2.69 bits per heavy atom. The fourth-order valence-corrected chi connectivity index (χ4v) is 3.79. The highest BCUT2D eigenvalue weighted by Crippen LogP contribution is 2.19. The van der Waals surface area contributed by atoms with Gasteiger partial charge in [-0.25, -0.2) is 9.97 Å². The number of piperazine rings is 1. The van der Waals surface area contributed by atoms with Gasteiger partial charge >= 0.3 is 0 Å². The van der Waals surface area contributed by atoms with Crippen LogP contribution in [0, 0.1) is 6.92 Å². The number of aryl methyl sites for hydroxylation is 2. The zero-order chi connectivity index (χ0) is 20.6. The van der Waals surface area contributed by atoms with E-state index in [0.717, 1.165) is 55.1 Å². The third-order valence-electron chi connectivity index (χ3n) is 4.65. The van der Waals surface area contributed by atoms with Crippen LogP contribution in [0.3, 0.4) is 0 Å². The normalized spacial score (nSPS) is 14.8. The lowest BCUT2D eigenvalue weighted by Crippen LogP contribution is -2.52. The first-order chi connectivity index (χ1) is 14.1. The Bertz CT molecular complexity index is 827. The van der Waals surface area contributed by atoms with Gasteiger partial charge in [0, 0.05) is 70.3 Å². The molecule has 156 valence electrons. The van der Waals surface area contributed by atoms with E-state index in [-0.39, 0.29) is 5.91 Å². The molecule has 0 bridgehead atoms. The maximum atomic E-state index is 12.1. The number of guanidine groups is 1. The van der Waals surface area contributed by atoms with E-state index in [1.807, 2.05) is 13.0 Å². The lowest BCUT2D eigenvalue weighted by atomic mass is 10.3. The molecule has 2 N–H and O–H groups in total. The molecule has 0 aliphatic carbocycles. The summed E-state index contributed by atoms with van der Waals surface area (Å²) in [5, 5.41) is 7.08. The van der Waals surface area contributed by atoms with Crippen molar-refractivity contribution in [3.8, 4) is 0 Å². The first-order valence-corrected chi connectivity index (χ1v) is 10.6. The Kier molecular flexibility index (Phi) is 7.34. The molecule has 3 rings (SSSR count). The summed E-state index contributed by atoms with van der Waals surface area (Å²) < 4.78 is 4.37. The van der Waals surface area contributed by atoms with Gasteiger partial charge in [0.1, 0.15) is 11.6 Å². The fourth-order valence-electron chi connectivity index (χ4n) is 2.99. The van der Waals surface area contributed by atoms with Gasteiger partial charge in [-0.3, -0.25) is 9.79 Å². The number of carbonyl (C=O) groups is 1. The van der Waals surface area contributed by atoms with E-state index in [2.05, 4.69) is 46.7 Å². The van der Waals surface area contributed by atoms with Gasteiger partial charge in [0.15, 0.2) is 5.96 Å². The lowest BCUT2D eigenvalue weighted by Gasteiger charge is -2.36. The number of rotatable bonds is 6. The third-order valence-corrected chi connectivity index (χ3v) is 5.46. The summed E-state index contributed by atoms with van der Waals surface area (Å²) >= 11 is 1.47. The molecule has 1 aliphatic rings. The zero-order valence-electron chi connectivity index (χ0n) is 17.2. The van der Waals surface area contributed by atoms with Crippen LogP contribution in [0.15, 0.2) is 23.3 Å². The molecular weight excluding hydrogens is 388 g/mol. The second kappa shape index (κ2) is 10.1. The van der Waals surface area contributed by atoms with Crippen LogP contribution in [0.25, 0.3) is 0 Å². The molecule has 1 fully saturated rings. The minimum atomic E-state index is -0.0721. The number of pyridine rings is 1. The van der Waals surface area contributed by atoms with Gasteiger partial charge in [0.05, 0.1) is 0 Å². The number of carbonyl (C=O) groups excluding carboxylic acids is 1. The molecule has 3 heterocycles. The van der Waals surface area contributed by atoms with Gasteiger partial charge in [0.2, 0.25) is 11.0 Å².